The number of hydrogen-bond donors (Lipinski definition) is 1. The summed E-state index contributed by atoms with van der Waals surface area (Å²) in [4.78, 5) is 0. The lowest BCUT2D eigenvalue weighted by atomic mass is 9.78. The molecule has 2 fully saturated rings. The van der Waals surface area contributed by atoms with Crippen molar-refractivity contribution in [2.24, 2.45) is 17.8 Å². The number of aliphatic hydroxyl groups excluding tert-OH is 1. The van der Waals surface area contributed by atoms with Crippen LogP contribution in [0.25, 0.3) is 0 Å². The summed E-state index contributed by atoms with van der Waals surface area (Å²) in [5.74, 6) is 2.25. The van der Waals surface area contributed by atoms with Crippen molar-refractivity contribution < 1.29 is 9.84 Å². The molecule has 0 aromatic heterocycles. The second-order valence-electron chi connectivity index (χ2n) is 6.95. The summed E-state index contributed by atoms with van der Waals surface area (Å²) in [5, 5.41) is 10.1. The Morgan fingerprint density at radius 1 is 1.06 bits per heavy atom. The van der Waals surface area contributed by atoms with Gasteiger partial charge in [0, 0.05) is 0 Å². The van der Waals surface area contributed by atoms with Crippen molar-refractivity contribution in [2.75, 3.05) is 0 Å². The van der Waals surface area contributed by atoms with E-state index < -0.39 is 0 Å². The Morgan fingerprint density at radius 3 is 2.50 bits per heavy atom. The average molecular weight is 254 g/mol. The second kappa shape index (κ2) is 6.38. The van der Waals surface area contributed by atoms with Gasteiger partial charge in [0.2, 0.25) is 0 Å². The van der Waals surface area contributed by atoms with Gasteiger partial charge in [-0.1, -0.05) is 33.6 Å². The molecule has 1 N–H and O–H groups in total. The van der Waals surface area contributed by atoms with Crippen LogP contribution in [-0.2, 0) is 4.74 Å². The highest BCUT2D eigenvalue weighted by Gasteiger charge is 2.33. The lowest BCUT2D eigenvalue weighted by Crippen LogP contribution is -2.40. The summed E-state index contributed by atoms with van der Waals surface area (Å²) in [6.07, 6.45) is 8.46. The molecule has 0 heterocycles. The highest BCUT2D eigenvalue weighted by Crippen LogP contribution is 2.34. The fourth-order valence-electron chi connectivity index (χ4n) is 3.65. The Hall–Kier alpha value is -0.0800. The van der Waals surface area contributed by atoms with E-state index in [4.69, 9.17) is 4.74 Å². The molecule has 0 aliphatic heterocycles. The Bertz CT molecular complexity index is 251. The van der Waals surface area contributed by atoms with Crippen LogP contribution >= 0.6 is 0 Å². The summed E-state index contributed by atoms with van der Waals surface area (Å²) in [6, 6.07) is 0. The molecule has 5 atom stereocenters. The normalized spacial score (nSPS) is 42.2. The van der Waals surface area contributed by atoms with Gasteiger partial charge in [-0.15, -0.1) is 0 Å². The van der Waals surface area contributed by atoms with E-state index in [9.17, 15) is 5.11 Å². The molecule has 0 aromatic rings. The minimum absolute atomic E-state index is 0.0986. The Morgan fingerprint density at radius 2 is 1.83 bits per heavy atom. The van der Waals surface area contributed by atoms with Crippen molar-refractivity contribution in [1.82, 2.24) is 0 Å². The summed E-state index contributed by atoms with van der Waals surface area (Å²) >= 11 is 0. The Balaban J connectivity index is 1.86. The van der Waals surface area contributed by atoms with Crippen LogP contribution in [0.15, 0.2) is 0 Å². The monoisotopic (exact) mass is 254 g/mol. The van der Waals surface area contributed by atoms with Gasteiger partial charge in [-0.25, -0.2) is 0 Å². The van der Waals surface area contributed by atoms with E-state index in [2.05, 4.69) is 20.8 Å². The summed E-state index contributed by atoms with van der Waals surface area (Å²) in [5.41, 5.74) is 0. The van der Waals surface area contributed by atoms with Gasteiger partial charge >= 0.3 is 0 Å². The van der Waals surface area contributed by atoms with Crippen LogP contribution in [0.2, 0.25) is 0 Å². The summed E-state index contributed by atoms with van der Waals surface area (Å²) < 4.78 is 6.25. The quantitative estimate of drug-likeness (QED) is 0.831. The predicted octanol–water partition coefficient (Wildman–Crippen LogP) is 3.77. The fourth-order valence-corrected chi connectivity index (χ4v) is 3.65. The van der Waals surface area contributed by atoms with Crippen LogP contribution < -0.4 is 0 Å². The number of ether oxygens (including phenoxy) is 1. The highest BCUT2D eigenvalue weighted by atomic mass is 16.5. The minimum atomic E-state index is -0.225. The van der Waals surface area contributed by atoms with Crippen LogP contribution in [0.5, 0.6) is 0 Å². The first-order valence-electron chi connectivity index (χ1n) is 7.89. The molecule has 2 nitrogen and oxygen atoms in total. The highest BCUT2D eigenvalue weighted by molar-refractivity contribution is 4.83. The first-order valence-corrected chi connectivity index (χ1v) is 7.89. The molecule has 2 saturated carbocycles. The summed E-state index contributed by atoms with van der Waals surface area (Å²) in [7, 11) is 0. The van der Waals surface area contributed by atoms with Crippen molar-refractivity contribution in [3.63, 3.8) is 0 Å². The maximum absolute atomic E-state index is 10.1. The topological polar surface area (TPSA) is 29.5 Å². The van der Waals surface area contributed by atoms with Crippen molar-refractivity contribution in [1.29, 1.82) is 0 Å². The maximum Gasteiger partial charge on any atom is 0.0840 e. The van der Waals surface area contributed by atoms with Crippen LogP contribution in [0.3, 0.4) is 0 Å². The molecule has 0 spiro atoms. The lowest BCUT2D eigenvalue weighted by molar-refractivity contribution is -0.119. The van der Waals surface area contributed by atoms with E-state index in [0.29, 0.717) is 12.0 Å². The van der Waals surface area contributed by atoms with E-state index in [1.807, 2.05) is 0 Å². The fraction of sp³-hybridized carbons (Fsp3) is 1.00. The second-order valence-corrected chi connectivity index (χ2v) is 6.95. The van der Waals surface area contributed by atoms with Gasteiger partial charge in [0.1, 0.15) is 0 Å². The van der Waals surface area contributed by atoms with Crippen LogP contribution in [-0.4, -0.2) is 23.4 Å². The number of hydrogen-bond acceptors (Lipinski definition) is 2. The van der Waals surface area contributed by atoms with Crippen molar-refractivity contribution >= 4 is 0 Å². The van der Waals surface area contributed by atoms with E-state index >= 15 is 0 Å². The minimum Gasteiger partial charge on any atom is -0.390 e. The Kier molecular flexibility index (Phi) is 5.08. The molecule has 2 heteroatoms. The zero-order chi connectivity index (χ0) is 13.1. The average Bonchev–Trinajstić information content (AvgIpc) is 2.31. The van der Waals surface area contributed by atoms with Gasteiger partial charge < -0.3 is 9.84 Å². The smallest absolute Gasteiger partial charge is 0.0840 e. The molecule has 0 bridgehead atoms. The molecule has 5 unspecified atom stereocenters. The first kappa shape index (κ1) is 14.3. The molecule has 106 valence electrons. The maximum atomic E-state index is 10.1. The molecule has 0 amide bonds. The van der Waals surface area contributed by atoms with Crippen LogP contribution in [0.1, 0.15) is 65.7 Å². The van der Waals surface area contributed by atoms with Crippen molar-refractivity contribution in [3.8, 4) is 0 Å². The van der Waals surface area contributed by atoms with Gasteiger partial charge in [-0.05, 0) is 49.9 Å². The molecular weight excluding hydrogens is 224 g/mol. The van der Waals surface area contributed by atoms with Gasteiger partial charge in [0.25, 0.3) is 0 Å². The van der Waals surface area contributed by atoms with Crippen molar-refractivity contribution in [3.05, 3.63) is 0 Å². The summed E-state index contributed by atoms with van der Waals surface area (Å²) in [6.45, 7) is 6.91. The van der Waals surface area contributed by atoms with Crippen LogP contribution in [0.4, 0.5) is 0 Å². The molecule has 2 aliphatic carbocycles. The van der Waals surface area contributed by atoms with Gasteiger partial charge in [-0.2, -0.15) is 0 Å². The third-order valence-electron chi connectivity index (χ3n) is 5.00. The molecule has 2 rings (SSSR count). The Labute approximate surface area is 112 Å². The van der Waals surface area contributed by atoms with E-state index in [0.717, 1.165) is 24.7 Å². The molecule has 2 aliphatic rings. The van der Waals surface area contributed by atoms with Gasteiger partial charge in [-0.3, -0.25) is 0 Å². The number of rotatable bonds is 3. The molecular formula is C16H30O2. The first-order chi connectivity index (χ1) is 8.56. The molecule has 0 saturated heterocycles. The van der Waals surface area contributed by atoms with E-state index in [1.165, 1.54) is 32.1 Å². The molecule has 18 heavy (non-hydrogen) atoms. The lowest BCUT2D eigenvalue weighted by Gasteiger charge is -2.38. The van der Waals surface area contributed by atoms with E-state index in [1.54, 1.807) is 0 Å². The standard InChI is InChI=1S/C16H30O2/c1-11(2)13-7-8-15(17)16(10-13)18-14-6-4-5-12(3)9-14/h11-17H,4-10H2,1-3H3. The zero-order valence-electron chi connectivity index (χ0n) is 12.3. The zero-order valence-corrected chi connectivity index (χ0v) is 12.3. The third-order valence-corrected chi connectivity index (χ3v) is 5.00. The molecule has 0 radical (unpaired) electrons. The predicted molar refractivity (Wildman–Crippen MR) is 74.5 cm³/mol. The van der Waals surface area contributed by atoms with Gasteiger partial charge in [0.05, 0.1) is 18.3 Å². The SMILES string of the molecule is CC1CCCC(OC2CC(C(C)C)CCC2O)C1. The third kappa shape index (κ3) is 3.71. The number of aliphatic hydroxyl groups is 1. The largest absolute Gasteiger partial charge is 0.390 e. The van der Waals surface area contributed by atoms with Crippen molar-refractivity contribution in [2.45, 2.75) is 84.0 Å². The molecule has 0 aromatic carbocycles. The van der Waals surface area contributed by atoms with Crippen LogP contribution in [0, 0.1) is 17.8 Å². The van der Waals surface area contributed by atoms with E-state index in [-0.39, 0.29) is 12.2 Å². The van der Waals surface area contributed by atoms with Gasteiger partial charge in [0.15, 0.2) is 0 Å².